The monoisotopic (exact) mass is 201 g/mol. The normalized spacial score (nSPS) is 17.8. The van der Waals surface area contributed by atoms with Gasteiger partial charge < -0.3 is 10.2 Å². The van der Waals surface area contributed by atoms with E-state index in [1.54, 1.807) is 0 Å². The van der Waals surface area contributed by atoms with Gasteiger partial charge in [-0.1, -0.05) is 19.8 Å². The third-order valence-corrected chi connectivity index (χ3v) is 2.60. The van der Waals surface area contributed by atoms with Crippen molar-refractivity contribution in [1.29, 1.82) is 0 Å². The minimum Gasteiger partial charge on any atom is -0.393 e. The molecule has 0 aromatic heterocycles. The van der Waals surface area contributed by atoms with E-state index in [1.165, 1.54) is 0 Å². The van der Waals surface area contributed by atoms with Gasteiger partial charge >= 0.3 is 0 Å². The lowest BCUT2D eigenvalue weighted by atomic mass is 9.91. The topological polar surface area (TPSA) is 40.5 Å². The Hall–Kier alpha value is -0.0800. The van der Waals surface area contributed by atoms with E-state index in [9.17, 15) is 10.2 Å². The van der Waals surface area contributed by atoms with Gasteiger partial charge in [0.25, 0.3) is 0 Å². The molecule has 0 aliphatic carbocycles. The van der Waals surface area contributed by atoms with Crippen molar-refractivity contribution in [2.75, 3.05) is 0 Å². The molecule has 0 amide bonds. The number of hydrogen-bond donors (Lipinski definition) is 2. The van der Waals surface area contributed by atoms with E-state index in [2.05, 4.69) is 6.92 Å². The highest BCUT2D eigenvalue weighted by molar-refractivity contribution is 4.64. The van der Waals surface area contributed by atoms with Crippen LogP contribution >= 0.6 is 0 Å². The highest BCUT2D eigenvalue weighted by atomic mass is 16.3. The second-order valence-electron chi connectivity index (χ2n) is 4.36. The summed E-state index contributed by atoms with van der Waals surface area (Å²) in [5, 5.41) is 18.4. The Labute approximate surface area is 88.3 Å². The Balaban J connectivity index is 3.65. The number of rotatable bonds is 8. The average molecular weight is 201 g/mol. The smallest absolute Gasteiger partial charge is 0.0512 e. The summed E-state index contributed by atoms with van der Waals surface area (Å²) < 4.78 is 0. The standard InChI is InChI=1S/C12H25O2/c1-4-5-12(8-6-10(2)13)9-7-11(3)14/h10-14H,1,4-9H2,2-3H3. The minimum atomic E-state index is -0.200. The molecule has 0 bridgehead atoms. The van der Waals surface area contributed by atoms with Crippen molar-refractivity contribution in [3.63, 3.8) is 0 Å². The van der Waals surface area contributed by atoms with Gasteiger partial charge in [-0.05, 0) is 45.4 Å². The van der Waals surface area contributed by atoms with Crippen LogP contribution in [0.3, 0.4) is 0 Å². The maximum Gasteiger partial charge on any atom is 0.0512 e. The molecule has 14 heavy (non-hydrogen) atoms. The zero-order valence-electron chi connectivity index (χ0n) is 9.58. The molecule has 1 radical (unpaired) electrons. The van der Waals surface area contributed by atoms with Crippen LogP contribution in [0.4, 0.5) is 0 Å². The van der Waals surface area contributed by atoms with Crippen LogP contribution in [0.15, 0.2) is 0 Å². The zero-order chi connectivity index (χ0) is 11.0. The lowest BCUT2D eigenvalue weighted by Crippen LogP contribution is -2.09. The van der Waals surface area contributed by atoms with Gasteiger partial charge in [-0.15, -0.1) is 0 Å². The Morgan fingerprint density at radius 2 is 1.29 bits per heavy atom. The van der Waals surface area contributed by atoms with E-state index in [0.717, 1.165) is 38.5 Å². The Morgan fingerprint density at radius 1 is 0.857 bits per heavy atom. The summed E-state index contributed by atoms with van der Waals surface area (Å²) in [4.78, 5) is 0. The van der Waals surface area contributed by atoms with Crippen molar-refractivity contribution < 1.29 is 10.2 Å². The molecule has 2 N–H and O–H groups in total. The molecular weight excluding hydrogens is 176 g/mol. The van der Waals surface area contributed by atoms with E-state index < -0.39 is 0 Å². The number of aliphatic hydroxyl groups excluding tert-OH is 2. The van der Waals surface area contributed by atoms with Gasteiger partial charge in [0.15, 0.2) is 0 Å². The predicted octanol–water partition coefficient (Wildman–Crippen LogP) is 2.54. The van der Waals surface area contributed by atoms with E-state index in [0.29, 0.717) is 5.92 Å². The van der Waals surface area contributed by atoms with Crippen molar-refractivity contribution in [1.82, 2.24) is 0 Å². The van der Waals surface area contributed by atoms with Crippen molar-refractivity contribution in [2.24, 2.45) is 5.92 Å². The first kappa shape index (κ1) is 13.9. The maximum absolute atomic E-state index is 9.18. The predicted molar refractivity (Wildman–Crippen MR) is 59.9 cm³/mol. The van der Waals surface area contributed by atoms with E-state index in [4.69, 9.17) is 0 Å². The summed E-state index contributed by atoms with van der Waals surface area (Å²) in [7, 11) is 0. The van der Waals surface area contributed by atoms with Gasteiger partial charge in [-0.3, -0.25) is 0 Å². The fourth-order valence-corrected chi connectivity index (χ4v) is 1.68. The van der Waals surface area contributed by atoms with Gasteiger partial charge in [0.1, 0.15) is 0 Å². The van der Waals surface area contributed by atoms with Crippen molar-refractivity contribution in [3.8, 4) is 0 Å². The molecule has 0 aromatic rings. The van der Waals surface area contributed by atoms with E-state index in [-0.39, 0.29) is 12.2 Å². The average Bonchev–Trinajstić information content (AvgIpc) is 2.09. The second kappa shape index (κ2) is 8.25. The first-order valence-corrected chi connectivity index (χ1v) is 5.71. The molecular formula is C12H25O2. The van der Waals surface area contributed by atoms with Crippen LogP contribution < -0.4 is 0 Å². The van der Waals surface area contributed by atoms with Crippen LogP contribution in [0.25, 0.3) is 0 Å². The minimum absolute atomic E-state index is 0.200. The van der Waals surface area contributed by atoms with E-state index in [1.807, 2.05) is 13.8 Å². The van der Waals surface area contributed by atoms with Crippen LogP contribution in [0, 0.1) is 12.8 Å². The Kier molecular flexibility index (Phi) is 8.20. The molecule has 0 spiro atoms. The zero-order valence-corrected chi connectivity index (χ0v) is 9.58. The van der Waals surface area contributed by atoms with Gasteiger partial charge in [0.2, 0.25) is 0 Å². The molecule has 85 valence electrons. The molecule has 2 nitrogen and oxygen atoms in total. The molecule has 2 heteroatoms. The maximum atomic E-state index is 9.18. The fourth-order valence-electron chi connectivity index (χ4n) is 1.68. The third-order valence-electron chi connectivity index (χ3n) is 2.60. The summed E-state index contributed by atoms with van der Waals surface area (Å²) in [6.45, 7) is 7.51. The largest absolute Gasteiger partial charge is 0.393 e. The molecule has 0 heterocycles. The summed E-state index contributed by atoms with van der Waals surface area (Å²) >= 11 is 0. The van der Waals surface area contributed by atoms with Gasteiger partial charge in [-0.2, -0.15) is 0 Å². The van der Waals surface area contributed by atoms with E-state index >= 15 is 0 Å². The van der Waals surface area contributed by atoms with Crippen molar-refractivity contribution >= 4 is 0 Å². The molecule has 0 aliphatic rings. The quantitative estimate of drug-likeness (QED) is 0.633. The summed E-state index contributed by atoms with van der Waals surface area (Å²) in [6, 6.07) is 0. The molecule has 2 unspecified atom stereocenters. The Bertz CT molecular complexity index is 109. The molecule has 0 aromatic carbocycles. The summed E-state index contributed by atoms with van der Waals surface area (Å²) in [5.41, 5.74) is 0. The molecule has 0 fully saturated rings. The second-order valence-corrected chi connectivity index (χ2v) is 4.36. The SMILES string of the molecule is [CH2]CCC(CCC(C)O)CCC(C)O. The molecule has 0 saturated carbocycles. The molecule has 0 saturated heterocycles. The highest BCUT2D eigenvalue weighted by Crippen LogP contribution is 2.21. The first-order valence-electron chi connectivity index (χ1n) is 5.71. The Morgan fingerprint density at radius 3 is 1.57 bits per heavy atom. The van der Waals surface area contributed by atoms with Crippen LogP contribution in [0.2, 0.25) is 0 Å². The van der Waals surface area contributed by atoms with Gasteiger partial charge in [0.05, 0.1) is 12.2 Å². The van der Waals surface area contributed by atoms with Crippen LogP contribution in [-0.2, 0) is 0 Å². The lowest BCUT2D eigenvalue weighted by molar-refractivity contribution is 0.155. The molecule has 0 aliphatic heterocycles. The number of hydrogen-bond acceptors (Lipinski definition) is 2. The highest BCUT2D eigenvalue weighted by Gasteiger charge is 2.10. The van der Waals surface area contributed by atoms with Gasteiger partial charge in [-0.25, -0.2) is 0 Å². The lowest BCUT2D eigenvalue weighted by Gasteiger charge is -2.17. The third kappa shape index (κ3) is 8.52. The summed E-state index contributed by atoms with van der Waals surface area (Å²) in [6.07, 6.45) is 5.50. The van der Waals surface area contributed by atoms with Crippen LogP contribution in [0.1, 0.15) is 52.4 Å². The van der Waals surface area contributed by atoms with Crippen molar-refractivity contribution in [3.05, 3.63) is 6.92 Å². The van der Waals surface area contributed by atoms with Crippen molar-refractivity contribution in [2.45, 2.75) is 64.6 Å². The number of aliphatic hydroxyl groups is 2. The molecule has 2 atom stereocenters. The summed E-state index contributed by atoms with van der Waals surface area (Å²) in [5.74, 6) is 0.622. The van der Waals surface area contributed by atoms with Gasteiger partial charge in [0, 0.05) is 0 Å². The first-order chi connectivity index (χ1) is 6.56. The van der Waals surface area contributed by atoms with Crippen LogP contribution in [-0.4, -0.2) is 22.4 Å². The molecule has 0 rings (SSSR count). The fraction of sp³-hybridized carbons (Fsp3) is 0.917. The van der Waals surface area contributed by atoms with Crippen LogP contribution in [0.5, 0.6) is 0 Å².